The summed E-state index contributed by atoms with van der Waals surface area (Å²) in [7, 11) is 1.59. The molecule has 4 rings (SSSR count). The van der Waals surface area contributed by atoms with Gasteiger partial charge in [0.15, 0.2) is 0 Å². The molecule has 8 nitrogen and oxygen atoms in total. The first-order valence-corrected chi connectivity index (χ1v) is 11.8. The Balaban J connectivity index is 1.40. The highest BCUT2D eigenvalue weighted by Crippen LogP contribution is 2.30. The minimum atomic E-state index is -4.39. The maximum Gasteiger partial charge on any atom is 0.417 e. The average Bonchev–Trinajstić information content (AvgIpc) is 3.32. The predicted molar refractivity (Wildman–Crippen MR) is 131 cm³/mol. The van der Waals surface area contributed by atoms with Gasteiger partial charge in [-0.15, -0.1) is 0 Å². The summed E-state index contributed by atoms with van der Waals surface area (Å²) in [6.45, 7) is 6.81. The highest BCUT2D eigenvalue weighted by Gasteiger charge is 2.32. The van der Waals surface area contributed by atoms with Gasteiger partial charge in [-0.3, -0.25) is 15.0 Å². The fourth-order valence-electron chi connectivity index (χ4n) is 4.51. The number of nitrogens with zero attached hydrogens (tertiary/aromatic N) is 5. The van der Waals surface area contributed by atoms with Crippen molar-refractivity contribution in [2.45, 2.75) is 45.1 Å². The van der Waals surface area contributed by atoms with Gasteiger partial charge in [0.25, 0.3) is 0 Å². The van der Waals surface area contributed by atoms with Gasteiger partial charge in [-0.25, -0.2) is 4.98 Å². The molecule has 1 fully saturated rings. The lowest BCUT2D eigenvalue weighted by Gasteiger charge is -2.40. The molecule has 4 heterocycles. The summed E-state index contributed by atoms with van der Waals surface area (Å²) >= 11 is 0. The number of pyridine rings is 2. The Labute approximate surface area is 208 Å². The first-order valence-electron chi connectivity index (χ1n) is 11.8. The van der Waals surface area contributed by atoms with E-state index in [4.69, 9.17) is 10.1 Å². The number of aromatic nitrogens is 4. The molecule has 2 N–H and O–H groups in total. The zero-order valence-electron chi connectivity index (χ0n) is 20.5. The number of hydrogen-bond donors (Lipinski definition) is 2. The van der Waals surface area contributed by atoms with Gasteiger partial charge in [0.1, 0.15) is 11.9 Å². The van der Waals surface area contributed by atoms with Crippen molar-refractivity contribution in [1.29, 1.82) is 5.41 Å². The van der Waals surface area contributed by atoms with E-state index in [1.54, 1.807) is 13.3 Å². The minimum Gasteiger partial charge on any atom is -0.375 e. The molecule has 36 heavy (non-hydrogen) atoms. The van der Waals surface area contributed by atoms with E-state index in [1.165, 1.54) is 6.07 Å². The largest absolute Gasteiger partial charge is 0.417 e. The summed E-state index contributed by atoms with van der Waals surface area (Å²) in [5, 5.41) is 15.7. The van der Waals surface area contributed by atoms with Gasteiger partial charge in [-0.05, 0) is 37.6 Å². The number of piperazine rings is 1. The molecular weight excluding hydrogens is 471 g/mol. The van der Waals surface area contributed by atoms with E-state index in [-0.39, 0.29) is 12.1 Å². The van der Waals surface area contributed by atoms with Crippen LogP contribution in [0, 0.1) is 5.41 Å². The number of rotatable bonds is 8. The second-order valence-electron chi connectivity index (χ2n) is 8.92. The molecular formula is C25H30F3N7O. The van der Waals surface area contributed by atoms with Crippen molar-refractivity contribution in [3.8, 4) is 11.3 Å². The van der Waals surface area contributed by atoms with E-state index in [0.717, 1.165) is 42.2 Å². The van der Waals surface area contributed by atoms with Gasteiger partial charge in [0.05, 0.1) is 22.7 Å². The summed E-state index contributed by atoms with van der Waals surface area (Å²) in [5.41, 5.74) is 2.87. The number of nitrogens with one attached hydrogen (secondary N) is 2. The maximum atomic E-state index is 12.9. The van der Waals surface area contributed by atoms with Gasteiger partial charge >= 0.3 is 6.18 Å². The van der Waals surface area contributed by atoms with Crippen molar-refractivity contribution in [1.82, 2.24) is 25.1 Å². The van der Waals surface area contributed by atoms with Crippen LogP contribution in [-0.2, 0) is 17.5 Å². The zero-order valence-corrected chi connectivity index (χ0v) is 20.5. The molecule has 0 aromatic carbocycles. The Kier molecular flexibility index (Phi) is 7.70. The van der Waals surface area contributed by atoms with Crippen molar-refractivity contribution >= 4 is 11.5 Å². The number of aromatic amines is 1. The van der Waals surface area contributed by atoms with Crippen molar-refractivity contribution in [3.63, 3.8) is 0 Å². The number of alkyl halides is 3. The summed E-state index contributed by atoms with van der Waals surface area (Å²) < 4.78 is 43.9. The summed E-state index contributed by atoms with van der Waals surface area (Å²) in [5.74, 6) is 0.551. The van der Waals surface area contributed by atoms with Crippen LogP contribution in [0.1, 0.15) is 37.1 Å². The van der Waals surface area contributed by atoms with E-state index in [9.17, 15) is 13.2 Å². The van der Waals surface area contributed by atoms with E-state index in [2.05, 4.69) is 25.1 Å². The topological polar surface area (TPSA) is 94.0 Å². The molecule has 1 aliphatic heterocycles. The summed E-state index contributed by atoms with van der Waals surface area (Å²) in [6, 6.07) is 6.33. The van der Waals surface area contributed by atoms with Crippen molar-refractivity contribution in [2.24, 2.45) is 0 Å². The Hall–Kier alpha value is -3.31. The van der Waals surface area contributed by atoms with Crippen LogP contribution in [0.25, 0.3) is 11.3 Å². The number of anilines is 1. The molecule has 11 heteroatoms. The summed E-state index contributed by atoms with van der Waals surface area (Å²) in [6.07, 6.45) is 0.508. The maximum absolute atomic E-state index is 12.9. The number of methoxy groups -OCH3 is 1. The zero-order chi connectivity index (χ0) is 25.9. The standard InChI is InChI=1S/C25H30F3N7O/c1-4-21(36-3)23(29)20-7-5-17(11-30-20)24-18(12-32-33-24)15-34-9-10-35(16(2)14-34)22-8-6-19(13-31-22)25(26,27)28/h5-8,11-13,16,21,29H,4,9-10,14-15H2,1-3H3,(H,32,33)/t16-,21+/m1/s1. The molecule has 0 aliphatic carbocycles. The summed E-state index contributed by atoms with van der Waals surface area (Å²) in [4.78, 5) is 12.8. The Morgan fingerprint density at radius 1 is 1.19 bits per heavy atom. The van der Waals surface area contributed by atoms with Crippen LogP contribution in [0.3, 0.4) is 0 Å². The third-order valence-electron chi connectivity index (χ3n) is 6.48. The molecule has 0 spiro atoms. The Morgan fingerprint density at radius 2 is 2.00 bits per heavy atom. The number of halogens is 3. The van der Waals surface area contributed by atoms with Crippen LogP contribution in [-0.4, -0.2) is 69.7 Å². The molecule has 0 radical (unpaired) electrons. The molecule has 0 amide bonds. The molecule has 3 aromatic rings. The van der Waals surface area contributed by atoms with Gasteiger partial charge in [-0.2, -0.15) is 18.3 Å². The lowest BCUT2D eigenvalue weighted by Crippen LogP contribution is -2.51. The van der Waals surface area contributed by atoms with E-state index in [0.29, 0.717) is 36.7 Å². The molecule has 3 aromatic heterocycles. The average molecular weight is 502 g/mol. The van der Waals surface area contributed by atoms with Crippen LogP contribution < -0.4 is 4.90 Å². The highest BCUT2D eigenvalue weighted by atomic mass is 19.4. The Bertz CT molecular complexity index is 1160. The van der Waals surface area contributed by atoms with Crippen LogP contribution in [0.5, 0.6) is 0 Å². The third-order valence-corrected chi connectivity index (χ3v) is 6.48. The van der Waals surface area contributed by atoms with Crippen molar-refractivity contribution in [2.75, 3.05) is 31.6 Å². The molecule has 2 atom stereocenters. The monoisotopic (exact) mass is 501 g/mol. The molecule has 0 bridgehead atoms. The second-order valence-corrected chi connectivity index (χ2v) is 8.92. The number of hydrogen-bond acceptors (Lipinski definition) is 7. The predicted octanol–water partition coefficient (Wildman–Crippen LogP) is 4.39. The normalized spacial score (nSPS) is 17.8. The van der Waals surface area contributed by atoms with Crippen molar-refractivity contribution in [3.05, 3.63) is 59.7 Å². The second kappa shape index (κ2) is 10.8. The number of ether oxygens (including phenoxy) is 1. The lowest BCUT2D eigenvalue weighted by molar-refractivity contribution is -0.137. The minimum absolute atomic E-state index is 0.0811. The lowest BCUT2D eigenvalue weighted by atomic mass is 10.1. The molecule has 192 valence electrons. The first-order chi connectivity index (χ1) is 17.2. The van der Waals surface area contributed by atoms with Gasteiger partial charge in [0, 0.05) is 69.0 Å². The van der Waals surface area contributed by atoms with Gasteiger partial charge in [0.2, 0.25) is 0 Å². The SMILES string of the molecule is CC[C@H](OC)C(=N)c1ccc(-c2n[nH]cc2CN2CCN(c3ccc(C(F)(F)F)cn3)[C@H](C)C2)cn1. The smallest absolute Gasteiger partial charge is 0.375 e. The van der Waals surface area contributed by atoms with Crippen LogP contribution in [0.15, 0.2) is 42.9 Å². The quantitative estimate of drug-likeness (QED) is 0.445. The third kappa shape index (κ3) is 5.57. The number of H-pyrrole nitrogens is 1. The molecule has 1 saturated heterocycles. The molecule has 0 saturated carbocycles. The van der Waals surface area contributed by atoms with Gasteiger partial charge in [-0.1, -0.05) is 6.92 Å². The van der Waals surface area contributed by atoms with Gasteiger partial charge < -0.3 is 15.0 Å². The van der Waals surface area contributed by atoms with E-state index >= 15 is 0 Å². The fraction of sp³-hybridized carbons (Fsp3) is 0.440. The van der Waals surface area contributed by atoms with Crippen LogP contribution >= 0.6 is 0 Å². The Morgan fingerprint density at radius 3 is 2.58 bits per heavy atom. The van der Waals surface area contributed by atoms with Crippen molar-refractivity contribution < 1.29 is 17.9 Å². The first kappa shape index (κ1) is 25.8. The highest BCUT2D eigenvalue weighted by molar-refractivity contribution is 6.00. The molecule has 0 unspecified atom stereocenters. The van der Waals surface area contributed by atoms with E-state index in [1.807, 2.05) is 37.1 Å². The van der Waals surface area contributed by atoms with Crippen LogP contribution in [0.4, 0.5) is 19.0 Å². The van der Waals surface area contributed by atoms with E-state index < -0.39 is 11.7 Å². The molecule has 1 aliphatic rings. The van der Waals surface area contributed by atoms with Crippen LogP contribution in [0.2, 0.25) is 0 Å². The fourth-order valence-corrected chi connectivity index (χ4v) is 4.51.